The number of amides is 1. The van der Waals surface area contributed by atoms with E-state index in [1.165, 1.54) is 6.26 Å². The first-order valence-electron chi connectivity index (χ1n) is 9.76. The zero-order valence-electron chi connectivity index (χ0n) is 17.1. The molecule has 29 heavy (non-hydrogen) atoms. The molecule has 0 unspecified atom stereocenters. The summed E-state index contributed by atoms with van der Waals surface area (Å²) < 4.78 is 30.1. The number of hydrogen-bond donors (Lipinski definition) is 1. The van der Waals surface area contributed by atoms with Crippen LogP contribution in [0.15, 0.2) is 42.5 Å². The van der Waals surface area contributed by atoms with Gasteiger partial charge < -0.3 is 10.1 Å². The summed E-state index contributed by atoms with van der Waals surface area (Å²) in [5.74, 6) is 0.909. The Kier molecular flexibility index (Phi) is 6.59. The first kappa shape index (κ1) is 21.3. The van der Waals surface area contributed by atoms with Gasteiger partial charge in [0.2, 0.25) is 10.0 Å². The maximum absolute atomic E-state index is 12.6. The van der Waals surface area contributed by atoms with Gasteiger partial charge in [0.05, 0.1) is 19.1 Å². The van der Waals surface area contributed by atoms with Crippen LogP contribution < -0.4 is 10.1 Å². The Bertz CT molecular complexity index is 963. The molecule has 3 rings (SSSR count). The van der Waals surface area contributed by atoms with E-state index in [2.05, 4.69) is 5.32 Å². The first-order valence-corrected chi connectivity index (χ1v) is 11.6. The molecule has 0 atom stereocenters. The highest BCUT2D eigenvalue weighted by Gasteiger charge is 2.24. The molecule has 1 fully saturated rings. The van der Waals surface area contributed by atoms with Gasteiger partial charge in [-0.1, -0.05) is 18.2 Å². The van der Waals surface area contributed by atoms with Crippen LogP contribution in [0.5, 0.6) is 5.75 Å². The van der Waals surface area contributed by atoms with Crippen molar-refractivity contribution in [3.05, 3.63) is 59.2 Å². The monoisotopic (exact) mass is 416 g/mol. The Morgan fingerprint density at radius 2 is 1.79 bits per heavy atom. The fraction of sp³-hybridized carbons (Fsp3) is 0.409. The number of benzene rings is 2. The molecule has 1 heterocycles. The van der Waals surface area contributed by atoms with Crippen molar-refractivity contribution in [2.45, 2.75) is 26.2 Å². The van der Waals surface area contributed by atoms with Crippen molar-refractivity contribution in [3.63, 3.8) is 0 Å². The summed E-state index contributed by atoms with van der Waals surface area (Å²) in [4.78, 5) is 12.6. The Labute approximate surface area is 172 Å². The number of methoxy groups -OCH3 is 1. The number of carbonyl (C=O) groups excluding carboxylic acids is 1. The van der Waals surface area contributed by atoms with Gasteiger partial charge in [0, 0.05) is 18.7 Å². The highest BCUT2D eigenvalue weighted by atomic mass is 32.2. The van der Waals surface area contributed by atoms with E-state index >= 15 is 0 Å². The molecule has 1 saturated heterocycles. The van der Waals surface area contributed by atoms with E-state index in [1.807, 2.05) is 49.4 Å². The molecule has 0 saturated carbocycles. The summed E-state index contributed by atoms with van der Waals surface area (Å²) in [5.41, 5.74) is 3.44. The number of rotatable bonds is 6. The van der Waals surface area contributed by atoms with E-state index in [-0.39, 0.29) is 5.91 Å². The lowest BCUT2D eigenvalue weighted by Crippen LogP contribution is -2.38. The molecular formula is C22H28N2O4S. The largest absolute Gasteiger partial charge is 0.495 e. The molecule has 156 valence electrons. The van der Waals surface area contributed by atoms with Crippen molar-refractivity contribution in [2.75, 3.05) is 31.8 Å². The minimum Gasteiger partial charge on any atom is -0.495 e. The summed E-state index contributed by atoms with van der Waals surface area (Å²) in [6.07, 6.45) is 3.89. The average molecular weight is 417 g/mol. The normalized spacial score (nSPS) is 15.8. The number of ether oxygens (including phenoxy) is 1. The molecule has 1 aliphatic rings. The van der Waals surface area contributed by atoms with Crippen LogP contribution in [-0.2, 0) is 16.4 Å². The standard InChI is InChI=1S/C22H28N2O4S/c1-16-4-9-21(28-2)20(14-16)23-22(25)19-7-5-17(6-8-19)15-18-10-12-24(13-11-18)29(3,26)27/h4-9,14,18H,10-13,15H2,1-3H3,(H,23,25). The van der Waals surface area contributed by atoms with Crippen LogP contribution in [-0.4, -0.2) is 45.1 Å². The lowest BCUT2D eigenvalue weighted by Gasteiger charge is -2.30. The van der Waals surface area contributed by atoms with Crippen LogP contribution in [0, 0.1) is 12.8 Å². The van der Waals surface area contributed by atoms with Crippen molar-refractivity contribution in [2.24, 2.45) is 5.92 Å². The summed E-state index contributed by atoms with van der Waals surface area (Å²) in [5, 5.41) is 2.91. The predicted molar refractivity (Wildman–Crippen MR) is 115 cm³/mol. The molecule has 0 bridgehead atoms. The van der Waals surface area contributed by atoms with Gasteiger partial charge in [0.15, 0.2) is 0 Å². The average Bonchev–Trinajstić information content (AvgIpc) is 2.68. The Hall–Kier alpha value is -2.38. The van der Waals surface area contributed by atoms with E-state index in [1.54, 1.807) is 11.4 Å². The van der Waals surface area contributed by atoms with Crippen molar-refractivity contribution in [1.82, 2.24) is 4.31 Å². The zero-order chi connectivity index (χ0) is 21.0. The molecule has 6 nitrogen and oxygen atoms in total. The van der Waals surface area contributed by atoms with Gasteiger partial charge in [0.25, 0.3) is 5.91 Å². The van der Waals surface area contributed by atoms with Gasteiger partial charge in [-0.05, 0) is 67.5 Å². The number of hydrogen-bond acceptors (Lipinski definition) is 4. The van der Waals surface area contributed by atoms with Crippen molar-refractivity contribution in [1.29, 1.82) is 0 Å². The van der Waals surface area contributed by atoms with E-state index in [0.717, 1.165) is 30.4 Å². The quantitative estimate of drug-likeness (QED) is 0.782. The first-order chi connectivity index (χ1) is 13.8. The van der Waals surface area contributed by atoms with Crippen molar-refractivity contribution >= 4 is 21.6 Å². The van der Waals surface area contributed by atoms with Gasteiger partial charge in [-0.2, -0.15) is 0 Å². The van der Waals surface area contributed by atoms with E-state index in [9.17, 15) is 13.2 Å². The molecular weight excluding hydrogens is 388 g/mol. The zero-order valence-corrected chi connectivity index (χ0v) is 18.0. The fourth-order valence-electron chi connectivity index (χ4n) is 3.68. The third kappa shape index (κ3) is 5.58. The molecule has 1 amide bonds. The number of sulfonamides is 1. The van der Waals surface area contributed by atoms with Crippen LogP contribution in [0.1, 0.15) is 34.3 Å². The summed E-state index contributed by atoms with van der Waals surface area (Å²) >= 11 is 0. The fourth-order valence-corrected chi connectivity index (χ4v) is 4.56. The number of piperidine rings is 1. The van der Waals surface area contributed by atoms with Gasteiger partial charge in [-0.3, -0.25) is 4.79 Å². The summed E-state index contributed by atoms with van der Waals surface area (Å²) in [6.45, 7) is 3.13. The van der Waals surface area contributed by atoms with E-state index < -0.39 is 10.0 Å². The highest BCUT2D eigenvalue weighted by molar-refractivity contribution is 7.88. The molecule has 0 aromatic heterocycles. The van der Waals surface area contributed by atoms with Crippen LogP contribution in [0.4, 0.5) is 5.69 Å². The molecule has 1 N–H and O–H groups in total. The number of aryl methyl sites for hydroxylation is 1. The van der Waals surface area contributed by atoms with Gasteiger partial charge in [-0.15, -0.1) is 0 Å². The number of carbonyl (C=O) groups is 1. The topological polar surface area (TPSA) is 75.7 Å². The van der Waals surface area contributed by atoms with E-state index in [4.69, 9.17) is 4.74 Å². The van der Waals surface area contributed by atoms with Crippen LogP contribution >= 0.6 is 0 Å². The van der Waals surface area contributed by atoms with Gasteiger partial charge >= 0.3 is 0 Å². The molecule has 0 radical (unpaired) electrons. The molecule has 2 aromatic rings. The van der Waals surface area contributed by atoms with Gasteiger partial charge in [-0.25, -0.2) is 12.7 Å². The second kappa shape index (κ2) is 8.97. The molecule has 0 spiro atoms. The minimum absolute atomic E-state index is 0.179. The Morgan fingerprint density at radius 3 is 2.38 bits per heavy atom. The predicted octanol–water partition coefficient (Wildman–Crippen LogP) is 3.47. The molecule has 7 heteroatoms. The number of nitrogens with zero attached hydrogens (tertiary/aromatic N) is 1. The third-order valence-corrected chi connectivity index (χ3v) is 6.69. The second-order valence-corrected chi connectivity index (χ2v) is 9.65. The third-order valence-electron chi connectivity index (χ3n) is 5.39. The Morgan fingerprint density at radius 1 is 1.14 bits per heavy atom. The second-order valence-electron chi connectivity index (χ2n) is 7.66. The lowest BCUT2D eigenvalue weighted by atomic mass is 9.91. The van der Waals surface area contributed by atoms with Crippen LogP contribution in [0.25, 0.3) is 0 Å². The lowest BCUT2D eigenvalue weighted by molar-refractivity contribution is 0.102. The molecule has 2 aromatic carbocycles. The summed E-state index contributed by atoms with van der Waals surface area (Å²) in [6, 6.07) is 13.3. The van der Waals surface area contributed by atoms with Crippen LogP contribution in [0.3, 0.4) is 0 Å². The van der Waals surface area contributed by atoms with Crippen LogP contribution in [0.2, 0.25) is 0 Å². The maximum Gasteiger partial charge on any atom is 0.255 e. The van der Waals surface area contributed by atoms with Crippen molar-refractivity contribution in [3.8, 4) is 5.75 Å². The smallest absolute Gasteiger partial charge is 0.255 e. The minimum atomic E-state index is -3.09. The van der Waals surface area contributed by atoms with Crippen molar-refractivity contribution < 1.29 is 17.9 Å². The highest BCUT2D eigenvalue weighted by Crippen LogP contribution is 2.26. The molecule has 0 aliphatic carbocycles. The van der Waals surface area contributed by atoms with E-state index in [0.29, 0.717) is 36.0 Å². The summed E-state index contributed by atoms with van der Waals surface area (Å²) in [7, 11) is -1.51. The maximum atomic E-state index is 12.6. The SMILES string of the molecule is COc1ccc(C)cc1NC(=O)c1ccc(CC2CCN(S(C)(=O)=O)CC2)cc1. The number of nitrogens with one attached hydrogen (secondary N) is 1. The molecule has 1 aliphatic heterocycles. The number of anilines is 1. The van der Waals surface area contributed by atoms with Gasteiger partial charge in [0.1, 0.15) is 5.75 Å². The Balaban J connectivity index is 1.59.